The van der Waals surface area contributed by atoms with Gasteiger partial charge in [0, 0.05) is 32.7 Å². The number of nitrogens with one attached hydrogen (secondary N) is 1. The van der Waals surface area contributed by atoms with E-state index in [4.69, 9.17) is 0 Å². The van der Waals surface area contributed by atoms with Crippen LogP contribution in [0.3, 0.4) is 0 Å². The van der Waals surface area contributed by atoms with E-state index in [9.17, 15) is 8.42 Å². The van der Waals surface area contributed by atoms with Crippen LogP contribution in [0, 0.1) is 5.92 Å². The minimum atomic E-state index is -3.29. The van der Waals surface area contributed by atoms with Gasteiger partial charge in [-0.05, 0) is 31.7 Å². The Bertz CT molecular complexity index is 377. The van der Waals surface area contributed by atoms with Crippen LogP contribution in [0.2, 0.25) is 0 Å². The van der Waals surface area contributed by atoms with Gasteiger partial charge in [0.25, 0.3) is 10.2 Å². The third-order valence-corrected chi connectivity index (χ3v) is 6.54. The molecule has 1 heterocycles. The van der Waals surface area contributed by atoms with E-state index in [-0.39, 0.29) is 6.04 Å². The molecule has 0 radical (unpaired) electrons. The van der Waals surface area contributed by atoms with Gasteiger partial charge in [-0.2, -0.15) is 17.0 Å². The summed E-state index contributed by atoms with van der Waals surface area (Å²) in [4.78, 5) is 0. The fraction of sp³-hybridized carbons (Fsp3) is 1.00. The van der Waals surface area contributed by atoms with Gasteiger partial charge in [0.05, 0.1) is 0 Å². The molecule has 112 valence electrons. The zero-order valence-corrected chi connectivity index (χ0v) is 13.0. The van der Waals surface area contributed by atoms with Gasteiger partial charge in [0.2, 0.25) is 0 Å². The van der Waals surface area contributed by atoms with Crippen molar-refractivity contribution in [3.8, 4) is 0 Å². The van der Waals surface area contributed by atoms with E-state index in [1.165, 1.54) is 6.42 Å². The standard InChI is InChI=1S/C13H27N3O2S/c1-12-6-3-4-7-13(12)15(2)19(17,18)16-10-5-8-14-9-11-16/h12-14H,3-11H2,1-2H3. The maximum absolute atomic E-state index is 12.7. The summed E-state index contributed by atoms with van der Waals surface area (Å²) in [6.45, 7) is 5.08. The summed E-state index contributed by atoms with van der Waals surface area (Å²) in [5.41, 5.74) is 0. The molecular weight excluding hydrogens is 262 g/mol. The Labute approximate surface area is 117 Å². The number of hydrogen-bond donors (Lipinski definition) is 1. The van der Waals surface area contributed by atoms with Gasteiger partial charge in [-0.1, -0.05) is 19.8 Å². The lowest BCUT2D eigenvalue weighted by molar-refractivity contribution is 0.202. The zero-order valence-electron chi connectivity index (χ0n) is 12.1. The maximum atomic E-state index is 12.7. The molecular formula is C13H27N3O2S. The predicted octanol–water partition coefficient (Wildman–Crippen LogP) is 1.04. The molecule has 0 aromatic carbocycles. The fourth-order valence-electron chi connectivity index (χ4n) is 3.24. The second-order valence-corrected chi connectivity index (χ2v) is 7.84. The minimum Gasteiger partial charge on any atom is -0.315 e. The molecule has 1 saturated heterocycles. The van der Waals surface area contributed by atoms with Crippen LogP contribution in [0.15, 0.2) is 0 Å². The molecule has 2 atom stereocenters. The van der Waals surface area contributed by atoms with Crippen molar-refractivity contribution in [1.29, 1.82) is 0 Å². The molecule has 2 rings (SSSR count). The molecule has 1 aliphatic carbocycles. The number of rotatable bonds is 3. The third kappa shape index (κ3) is 3.48. The van der Waals surface area contributed by atoms with Crippen LogP contribution in [-0.4, -0.2) is 56.3 Å². The summed E-state index contributed by atoms with van der Waals surface area (Å²) in [5, 5.41) is 3.25. The van der Waals surface area contributed by atoms with Crippen LogP contribution in [0.4, 0.5) is 0 Å². The van der Waals surface area contributed by atoms with Crippen LogP contribution in [0.5, 0.6) is 0 Å². The average molecular weight is 289 g/mol. The Morgan fingerprint density at radius 2 is 1.84 bits per heavy atom. The molecule has 0 spiro atoms. The van der Waals surface area contributed by atoms with Gasteiger partial charge in [-0.25, -0.2) is 0 Å². The van der Waals surface area contributed by atoms with Crippen molar-refractivity contribution >= 4 is 10.2 Å². The smallest absolute Gasteiger partial charge is 0.282 e. The lowest BCUT2D eigenvalue weighted by Crippen LogP contribution is -2.50. The van der Waals surface area contributed by atoms with Crippen molar-refractivity contribution < 1.29 is 8.42 Å². The Kier molecular flexibility index (Phi) is 5.22. The number of nitrogens with zero attached hydrogens (tertiary/aromatic N) is 2. The van der Waals surface area contributed by atoms with Crippen molar-refractivity contribution in [2.75, 3.05) is 33.2 Å². The first-order chi connectivity index (χ1) is 9.03. The monoisotopic (exact) mass is 289 g/mol. The first kappa shape index (κ1) is 15.2. The van der Waals surface area contributed by atoms with E-state index in [0.717, 1.165) is 38.8 Å². The Balaban J connectivity index is 2.08. The topological polar surface area (TPSA) is 52.7 Å². The van der Waals surface area contributed by atoms with Crippen molar-refractivity contribution in [1.82, 2.24) is 13.9 Å². The average Bonchev–Trinajstić information content (AvgIpc) is 2.67. The third-order valence-electron chi connectivity index (χ3n) is 4.52. The lowest BCUT2D eigenvalue weighted by atomic mass is 9.86. The first-order valence-corrected chi connectivity index (χ1v) is 8.87. The molecule has 1 N–H and O–H groups in total. The van der Waals surface area contributed by atoms with Gasteiger partial charge in [-0.3, -0.25) is 0 Å². The SMILES string of the molecule is CC1CCCCC1N(C)S(=O)(=O)N1CCCNCC1. The minimum absolute atomic E-state index is 0.176. The van der Waals surface area contributed by atoms with Crippen molar-refractivity contribution in [2.24, 2.45) is 5.92 Å². The number of hydrogen-bond acceptors (Lipinski definition) is 3. The van der Waals surface area contributed by atoms with Crippen LogP contribution in [0.1, 0.15) is 39.0 Å². The van der Waals surface area contributed by atoms with Gasteiger partial charge in [0.15, 0.2) is 0 Å². The lowest BCUT2D eigenvalue weighted by Gasteiger charge is -2.37. The predicted molar refractivity (Wildman–Crippen MR) is 77.2 cm³/mol. The highest BCUT2D eigenvalue weighted by Gasteiger charge is 2.35. The highest BCUT2D eigenvalue weighted by Crippen LogP contribution is 2.29. The van der Waals surface area contributed by atoms with Crippen LogP contribution in [0.25, 0.3) is 0 Å². The summed E-state index contributed by atoms with van der Waals surface area (Å²) in [6.07, 6.45) is 5.43. The Morgan fingerprint density at radius 1 is 1.11 bits per heavy atom. The largest absolute Gasteiger partial charge is 0.315 e. The molecule has 0 aromatic rings. The normalized spacial score (nSPS) is 31.3. The molecule has 19 heavy (non-hydrogen) atoms. The molecule has 0 bridgehead atoms. The van der Waals surface area contributed by atoms with Crippen LogP contribution >= 0.6 is 0 Å². The first-order valence-electron chi connectivity index (χ1n) is 7.47. The van der Waals surface area contributed by atoms with Gasteiger partial charge in [0.1, 0.15) is 0 Å². The fourth-order valence-corrected chi connectivity index (χ4v) is 4.94. The zero-order chi connectivity index (χ0) is 13.9. The molecule has 0 aromatic heterocycles. The molecule has 2 fully saturated rings. The maximum Gasteiger partial charge on any atom is 0.282 e. The van der Waals surface area contributed by atoms with Gasteiger partial charge in [-0.15, -0.1) is 0 Å². The molecule has 0 amide bonds. The quantitative estimate of drug-likeness (QED) is 0.844. The van der Waals surface area contributed by atoms with Crippen LogP contribution < -0.4 is 5.32 Å². The van der Waals surface area contributed by atoms with E-state index < -0.39 is 10.2 Å². The Hall–Kier alpha value is -0.170. The van der Waals surface area contributed by atoms with Crippen LogP contribution in [-0.2, 0) is 10.2 Å². The Morgan fingerprint density at radius 3 is 2.58 bits per heavy atom. The second kappa shape index (κ2) is 6.52. The van der Waals surface area contributed by atoms with Gasteiger partial charge < -0.3 is 5.32 Å². The highest BCUT2D eigenvalue weighted by atomic mass is 32.2. The van der Waals surface area contributed by atoms with E-state index in [0.29, 0.717) is 19.0 Å². The molecule has 2 aliphatic rings. The van der Waals surface area contributed by atoms with E-state index in [1.54, 1.807) is 15.7 Å². The summed E-state index contributed by atoms with van der Waals surface area (Å²) in [7, 11) is -1.53. The van der Waals surface area contributed by atoms with Crippen molar-refractivity contribution in [3.63, 3.8) is 0 Å². The molecule has 2 unspecified atom stereocenters. The van der Waals surface area contributed by atoms with Crippen molar-refractivity contribution in [2.45, 2.75) is 45.1 Å². The van der Waals surface area contributed by atoms with E-state index >= 15 is 0 Å². The van der Waals surface area contributed by atoms with E-state index in [2.05, 4.69) is 12.2 Å². The summed E-state index contributed by atoms with van der Waals surface area (Å²) >= 11 is 0. The van der Waals surface area contributed by atoms with Crippen molar-refractivity contribution in [3.05, 3.63) is 0 Å². The second-order valence-electron chi connectivity index (χ2n) is 5.86. The highest BCUT2D eigenvalue weighted by molar-refractivity contribution is 7.86. The summed E-state index contributed by atoms with van der Waals surface area (Å²) in [6, 6.07) is 0.176. The molecule has 1 aliphatic heterocycles. The summed E-state index contributed by atoms with van der Waals surface area (Å²) < 4.78 is 28.7. The molecule has 6 heteroatoms. The van der Waals surface area contributed by atoms with E-state index in [1.807, 2.05) is 0 Å². The van der Waals surface area contributed by atoms with Gasteiger partial charge >= 0.3 is 0 Å². The molecule has 5 nitrogen and oxygen atoms in total. The molecule has 1 saturated carbocycles. The summed E-state index contributed by atoms with van der Waals surface area (Å²) in [5.74, 6) is 0.471.